The minimum atomic E-state index is -0.784. The first-order valence-electron chi connectivity index (χ1n) is 9.43. The van der Waals surface area contributed by atoms with Crippen LogP contribution in [0.1, 0.15) is 31.7 Å². The Morgan fingerprint density at radius 3 is 2.67 bits per heavy atom. The number of rotatable bonds is 5. The van der Waals surface area contributed by atoms with Crippen LogP contribution in [0.4, 0.5) is 0 Å². The first-order chi connectivity index (χ1) is 12.9. The lowest BCUT2D eigenvalue weighted by atomic mass is 9.84. The van der Waals surface area contributed by atoms with Crippen LogP contribution in [0.25, 0.3) is 0 Å². The normalized spacial score (nSPS) is 24.6. The summed E-state index contributed by atoms with van der Waals surface area (Å²) in [7, 11) is 0. The van der Waals surface area contributed by atoms with Crippen molar-refractivity contribution in [1.82, 2.24) is 4.90 Å². The average molecular weight is 396 g/mol. The van der Waals surface area contributed by atoms with E-state index >= 15 is 0 Å². The number of carbonyl (C=O) groups excluding carboxylic acids is 1. The predicted octanol–water partition coefficient (Wildman–Crippen LogP) is 3.14. The smallest absolute Gasteiger partial charge is 0.309 e. The van der Waals surface area contributed by atoms with Crippen LogP contribution in [0.15, 0.2) is 18.2 Å². The Bertz CT molecular complexity index is 702. The van der Waals surface area contributed by atoms with Gasteiger partial charge >= 0.3 is 5.97 Å². The maximum atomic E-state index is 12.7. The van der Waals surface area contributed by atoms with Crippen molar-refractivity contribution in [1.29, 1.82) is 0 Å². The molecule has 2 aliphatic heterocycles. The van der Waals surface area contributed by atoms with E-state index in [4.69, 9.17) is 21.1 Å². The molecule has 7 heteroatoms. The van der Waals surface area contributed by atoms with Crippen LogP contribution in [0.5, 0.6) is 5.75 Å². The summed E-state index contributed by atoms with van der Waals surface area (Å²) in [4.78, 5) is 25.9. The second-order valence-electron chi connectivity index (χ2n) is 7.43. The number of likely N-dealkylation sites (tertiary alicyclic amines) is 1. The number of nitrogens with zero attached hydrogens (tertiary/aromatic N) is 1. The molecular formula is C20H26ClNO5. The lowest BCUT2D eigenvalue weighted by Crippen LogP contribution is -2.47. The molecule has 2 aliphatic rings. The minimum Gasteiger partial charge on any atom is -0.481 e. The number of carboxylic acid groups (broad SMARTS) is 1. The number of amides is 1. The summed E-state index contributed by atoms with van der Waals surface area (Å²) in [6.07, 6.45) is 1.20. The van der Waals surface area contributed by atoms with Gasteiger partial charge in [0.2, 0.25) is 0 Å². The molecule has 2 unspecified atom stereocenters. The molecule has 2 fully saturated rings. The summed E-state index contributed by atoms with van der Waals surface area (Å²) in [5.74, 6) is -0.597. The van der Waals surface area contributed by atoms with Crippen LogP contribution in [0, 0.1) is 18.8 Å². The Morgan fingerprint density at radius 2 is 2.00 bits per heavy atom. The highest BCUT2D eigenvalue weighted by atomic mass is 35.5. The average Bonchev–Trinajstić information content (AvgIpc) is 3.14. The van der Waals surface area contributed by atoms with Gasteiger partial charge in [-0.05, 0) is 56.7 Å². The molecule has 27 heavy (non-hydrogen) atoms. The molecule has 0 radical (unpaired) electrons. The van der Waals surface area contributed by atoms with Gasteiger partial charge in [-0.2, -0.15) is 0 Å². The van der Waals surface area contributed by atoms with Crippen molar-refractivity contribution >= 4 is 23.5 Å². The number of aryl methyl sites for hydroxylation is 1. The van der Waals surface area contributed by atoms with Crippen molar-refractivity contribution in [3.05, 3.63) is 28.8 Å². The SMILES string of the molecule is Cc1ccc(Cl)c(OC(C)C(=O)N2CCC([C@@H]3OCCC3C(=O)O)CC2)c1. The molecule has 0 bridgehead atoms. The molecular weight excluding hydrogens is 370 g/mol. The molecule has 2 saturated heterocycles. The van der Waals surface area contributed by atoms with Crippen LogP contribution < -0.4 is 4.74 Å². The number of benzene rings is 1. The van der Waals surface area contributed by atoms with Gasteiger partial charge in [-0.25, -0.2) is 0 Å². The number of carbonyl (C=O) groups is 2. The number of carboxylic acids is 1. The largest absolute Gasteiger partial charge is 0.481 e. The predicted molar refractivity (Wildman–Crippen MR) is 101 cm³/mol. The molecule has 1 aromatic carbocycles. The van der Waals surface area contributed by atoms with Crippen LogP contribution in [0.3, 0.4) is 0 Å². The first-order valence-corrected chi connectivity index (χ1v) is 9.80. The Hall–Kier alpha value is -1.79. The van der Waals surface area contributed by atoms with Crippen LogP contribution in [-0.2, 0) is 14.3 Å². The fourth-order valence-corrected chi connectivity index (χ4v) is 4.15. The van der Waals surface area contributed by atoms with Crippen molar-refractivity contribution in [2.24, 2.45) is 11.8 Å². The molecule has 1 amide bonds. The lowest BCUT2D eigenvalue weighted by Gasteiger charge is -2.36. The monoisotopic (exact) mass is 395 g/mol. The zero-order valence-corrected chi connectivity index (χ0v) is 16.4. The molecule has 3 atom stereocenters. The van der Waals surface area contributed by atoms with Gasteiger partial charge in [0.1, 0.15) is 5.75 Å². The van der Waals surface area contributed by atoms with Crippen molar-refractivity contribution in [3.8, 4) is 5.75 Å². The number of piperidine rings is 1. The fraction of sp³-hybridized carbons (Fsp3) is 0.600. The van der Waals surface area contributed by atoms with Gasteiger partial charge < -0.3 is 19.5 Å². The number of ether oxygens (including phenoxy) is 2. The molecule has 3 rings (SSSR count). The number of hydrogen-bond acceptors (Lipinski definition) is 4. The second-order valence-corrected chi connectivity index (χ2v) is 7.83. The quantitative estimate of drug-likeness (QED) is 0.828. The molecule has 1 aromatic rings. The van der Waals surface area contributed by atoms with Crippen LogP contribution in [0.2, 0.25) is 5.02 Å². The molecule has 0 saturated carbocycles. The molecule has 0 aromatic heterocycles. The Labute approximate surface area is 164 Å². The van der Waals surface area contributed by atoms with Gasteiger partial charge in [0.25, 0.3) is 5.91 Å². The van der Waals surface area contributed by atoms with E-state index in [0.717, 1.165) is 18.4 Å². The van der Waals surface area contributed by atoms with Crippen molar-refractivity contribution in [2.45, 2.75) is 45.3 Å². The molecule has 0 aliphatic carbocycles. The topological polar surface area (TPSA) is 76.1 Å². The van der Waals surface area contributed by atoms with E-state index in [-0.39, 0.29) is 17.9 Å². The number of aliphatic carboxylic acids is 1. The van der Waals surface area contributed by atoms with E-state index in [1.54, 1.807) is 17.9 Å². The van der Waals surface area contributed by atoms with E-state index in [2.05, 4.69) is 0 Å². The summed E-state index contributed by atoms with van der Waals surface area (Å²) in [6, 6.07) is 5.47. The Morgan fingerprint density at radius 1 is 1.30 bits per heavy atom. The summed E-state index contributed by atoms with van der Waals surface area (Å²) in [5.41, 5.74) is 1.01. The molecule has 2 heterocycles. The van der Waals surface area contributed by atoms with Gasteiger partial charge in [-0.15, -0.1) is 0 Å². The van der Waals surface area contributed by atoms with Gasteiger partial charge in [-0.3, -0.25) is 9.59 Å². The Kier molecular flexibility index (Phi) is 6.27. The van der Waals surface area contributed by atoms with Gasteiger partial charge in [-0.1, -0.05) is 17.7 Å². The maximum Gasteiger partial charge on any atom is 0.309 e. The molecule has 6 nitrogen and oxygen atoms in total. The molecule has 1 N–H and O–H groups in total. The van der Waals surface area contributed by atoms with E-state index in [9.17, 15) is 14.7 Å². The summed E-state index contributed by atoms with van der Waals surface area (Å²) in [5, 5.41) is 9.82. The van der Waals surface area contributed by atoms with Crippen LogP contribution in [-0.4, -0.2) is 53.8 Å². The van der Waals surface area contributed by atoms with Gasteiger partial charge in [0.05, 0.1) is 17.0 Å². The third kappa shape index (κ3) is 4.55. The number of hydrogen-bond donors (Lipinski definition) is 1. The molecule has 148 valence electrons. The van der Waals surface area contributed by atoms with E-state index < -0.39 is 18.0 Å². The summed E-state index contributed by atoms with van der Waals surface area (Å²) >= 11 is 6.15. The third-order valence-corrected chi connectivity index (χ3v) is 5.82. The highest BCUT2D eigenvalue weighted by Crippen LogP contribution is 2.33. The second kappa shape index (κ2) is 8.48. The fourth-order valence-electron chi connectivity index (χ4n) is 3.99. The van der Waals surface area contributed by atoms with E-state index in [1.807, 2.05) is 19.1 Å². The van der Waals surface area contributed by atoms with Crippen LogP contribution >= 0.6 is 11.6 Å². The zero-order valence-electron chi connectivity index (χ0n) is 15.7. The number of halogens is 1. The summed E-state index contributed by atoms with van der Waals surface area (Å²) in [6.45, 7) is 5.35. The highest BCUT2D eigenvalue weighted by Gasteiger charge is 2.41. The third-order valence-electron chi connectivity index (χ3n) is 5.51. The Balaban J connectivity index is 1.55. The summed E-state index contributed by atoms with van der Waals surface area (Å²) < 4.78 is 11.5. The van der Waals surface area contributed by atoms with E-state index in [0.29, 0.717) is 36.9 Å². The van der Waals surface area contributed by atoms with E-state index in [1.165, 1.54) is 0 Å². The van der Waals surface area contributed by atoms with Gasteiger partial charge in [0, 0.05) is 19.7 Å². The minimum absolute atomic E-state index is 0.0758. The van der Waals surface area contributed by atoms with Crippen molar-refractivity contribution < 1.29 is 24.2 Å². The zero-order chi connectivity index (χ0) is 19.6. The van der Waals surface area contributed by atoms with Gasteiger partial charge in [0.15, 0.2) is 6.10 Å². The van der Waals surface area contributed by atoms with Crippen molar-refractivity contribution in [2.75, 3.05) is 19.7 Å². The standard InChI is InChI=1S/C20H26ClNO5/c1-12-3-4-16(21)17(11-12)27-13(2)19(23)22-8-5-14(6-9-22)18-15(20(24)25)7-10-26-18/h3-4,11,13-15,18H,5-10H2,1-2H3,(H,24,25)/t13?,15?,18-/m0/s1. The maximum absolute atomic E-state index is 12.7. The van der Waals surface area contributed by atoms with Crippen molar-refractivity contribution in [3.63, 3.8) is 0 Å². The first kappa shape index (κ1) is 20.0. The molecule has 0 spiro atoms. The highest BCUT2D eigenvalue weighted by molar-refractivity contribution is 6.32. The lowest BCUT2D eigenvalue weighted by molar-refractivity contribution is -0.146.